The molecular weight excluding hydrogens is 348 g/mol. The number of amides is 1. The van der Waals surface area contributed by atoms with Crippen LogP contribution in [0.3, 0.4) is 0 Å². The summed E-state index contributed by atoms with van der Waals surface area (Å²) in [6.07, 6.45) is 1.21. The molecule has 0 spiro atoms. The van der Waals surface area contributed by atoms with E-state index in [1.807, 2.05) is 6.07 Å². The average molecular weight is 373 g/mol. The lowest BCUT2D eigenvalue weighted by atomic mass is 10.0. The first kappa shape index (κ1) is 18.6. The van der Waals surface area contributed by atoms with Crippen molar-refractivity contribution >= 4 is 28.2 Å². The minimum atomic E-state index is -0.331. The summed E-state index contributed by atoms with van der Waals surface area (Å²) in [6, 6.07) is 10.4. The fourth-order valence-corrected chi connectivity index (χ4v) is 4.62. The van der Waals surface area contributed by atoms with Crippen LogP contribution in [0.1, 0.15) is 46.6 Å². The summed E-state index contributed by atoms with van der Waals surface area (Å²) in [5.41, 5.74) is 2.93. The normalized spacial score (nSPS) is 16.0. The molecule has 0 saturated heterocycles. The summed E-state index contributed by atoms with van der Waals surface area (Å²) in [7, 11) is 0. The lowest BCUT2D eigenvalue weighted by molar-refractivity contribution is -0.929. The smallest absolute Gasteiger partial charge is 0.341 e. The zero-order valence-electron chi connectivity index (χ0n) is 15.3. The van der Waals surface area contributed by atoms with E-state index in [0.717, 1.165) is 31.6 Å². The molecule has 5 nitrogen and oxygen atoms in total. The van der Waals surface area contributed by atoms with E-state index in [1.54, 1.807) is 13.8 Å². The molecule has 138 valence electrons. The van der Waals surface area contributed by atoms with Gasteiger partial charge in [-0.25, -0.2) is 4.79 Å². The Labute approximate surface area is 158 Å². The number of quaternary nitrogens is 1. The predicted molar refractivity (Wildman–Crippen MR) is 103 cm³/mol. The summed E-state index contributed by atoms with van der Waals surface area (Å²) in [5, 5.41) is 3.53. The molecule has 0 radical (unpaired) electrons. The van der Waals surface area contributed by atoms with Gasteiger partial charge in [0.1, 0.15) is 18.1 Å². The summed E-state index contributed by atoms with van der Waals surface area (Å²) in [5.74, 6) is -0.412. The first-order valence-corrected chi connectivity index (χ1v) is 9.93. The van der Waals surface area contributed by atoms with Crippen molar-refractivity contribution in [1.82, 2.24) is 0 Å². The van der Waals surface area contributed by atoms with Gasteiger partial charge in [-0.2, -0.15) is 0 Å². The van der Waals surface area contributed by atoms with Crippen molar-refractivity contribution in [2.75, 3.05) is 18.5 Å². The fraction of sp³-hybridized carbons (Fsp3) is 0.400. The van der Waals surface area contributed by atoms with Crippen LogP contribution in [-0.2, 0) is 29.0 Å². The number of carbonyl (C=O) groups is 2. The van der Waals surface area contributed by atoms with E-state index in [-0.39, 0.29) is 11.9 Å². The quantitative estimate of drug-likeness (QED) is 0.765. The van der Waals surface area contributed by atoms with Gasteiger partial charge in [-0.15, -0.1) is 11.3 Å². The van der Waals surface area contributed by atoms with Crippen LogP contribution in [0.4, 0.5) is 5.00 Å². The second kappa shape index (κ2) is 8.47. The Balaban J connectivity index is 1.84. The van der Waals surface area contributed by atoms with Crippen molar-refractivity contribution < 1.29 is 19.2 Å². The van der Waals surface area contributed by atoms with Crippen LogP contribution in [0.5, 0.6) is 0 Å². The number of hydrogen-bond acceptors (Lipinski definition) is 4. The van der Waals surface area contributed by atoms with Gasteiger partial charge in [0, 0.05) is 18.4 Å². The molecule has 1 aromatic heterocycles. The maximum absolute atomic E-state index is 12.5. The van der Waals surface area contributed by atoms with Crippen molar-refractivity contribution in [3.8, 4) is 0 Å². The van der Waals surface area contributed by atoms with E-state index in [1.165, 1.54) is 26.7 Å². The first-order valence-electron chi connectivity index (χ1n) is 9.11. The summed E-state index contributed by atoms with van der Waals surface area (Å²) < 4.78 is 5.24. The van der Waals surface area contributed by atoms with Crippen LogP contribution in [0.2, 0.25) is 0 Å². The molecule has 2 N–H and O–H groups in total. The maximum atomic E-state index is 12.5. The van der Waals surface area contributed by atoms with Crippen molar-refractivity contribution in [1.29, 1.82) is 0 Å². The molecule has 6 heteroatoms. The van der Waals surface area contributed by atoms with E-state index in [9.17, 15) is 9.59 Å². The van der Waals surface area contributed by atoms with Crippen LogP contribution in [0, 0.1) is 0 Å². The Morgan fingerprint density at radius 1 is 1.23 bits per heavy atom. The number of hydrogen-bond donors (Lipinski definition) is 2. The summed E-state index contributed by atoms with van der Waals surface area (Å²) >= 11 is 1.52. The van der Waals surface area contributed by atoms with Crippen molar-refractivity contribution in [3.05, 3.63) is 51.9 Å². The van der Waals surface area contributed by atoms with Gasteiger partial charge in [0.15, 0.2) is 0 Å². The van der Waals surface area contributed by atoms with Crippen LogP contribution in [0.25, 0.3) is 0 Å². The molecule has 1 aliphatic heterocycles. The molecule has 1 atom stereocenters. The van der Waals surface area contributed by atoms with E-state index in [0.29, 0.717) is 23.6 Å². The lowest BCUT2D eigenvalue weighted by Gasteiger charge is -2.24. The molecule has 2 aromatic rings. The van der Waals surface area contributed by atoms with Gasteiger partial charge in [0.05, 0.1) is 23.6 Å². The van der Waals surface area contributed by atoms with Crippen LogP contribution < -0.4 is 10.2 Å². The number of ether oxygens (including phenoxy) is 1. The Morgan fingerprint density at radius 2 is 2.00 bits per heavy atom. The first-order chi connectivity index (χ1) is 12.6. The highest BCUT2D eigenvalue weighted by molar-refractivity contribution is 7.17. The Bertz CT molecular complexity index is 786. The highest BCUT2D eigenvalue weighted by atomic mass is 32.1. The molecule has 0 saturated carbocycles. The molecule has 1 aliphatic rings. The van der Waals surface area contributed by atoms with Crippen LogP contribution >= 0.6 is 11.3 Å². The number of benzene rings is 1. The number of esters is 1. The molecule has 0 fully saturated rings. The van der Waals surface area contributed by atoms with Gasteiger partial charge in [-0.05, 0) is 12.5 Å². The SMILES string of the molecule is CCOC(=O)c1c(NC(=O)CC)sc2c1CC[NH+](Cc1ccccc1)C2. The zero-order chi connectivity index (χ0) is 18.5. The second-order valence-electron chi connectivity index (χ2n) is 6.42. The summed E-state index contributed by atoms with van der Waals surface area (Å²) in [4.78, 5) is 27.0. The van der Waals surface area contributed by atoms with E-state index >= 15 is 0 Å². The third kappa shape index (κ3) is 4.14. The minimum Gasteiger partial charge on any atom is -0.462 e. The van der Waals surface area contributed by atoms with Crippen molar-refractivity contribution in [3.63, 3.8) is 0 Å². The molecule has 0 bridgehead atoms. The molecule has 2 heterocycles. The highest BCUT2D eigenvalue weighted by Gasteiger charge is 2.31. The van der Waals surface area contributed by atoms with Gasteiger partial charge < -0.3 is 15.0 Å². The second-order valence-corrected chi connectivity index (χ2v) is 7.52. The highest BCUT2D eigenvalue weighted by Crippen LogP contribution is 2.35. The number of rotatable bonds is 6. The largest absolute Gasteiger partial charge is 0.462 e. The van der Waals surface area contributed by atoms with E-state index < -0.39 is 0 Å². The van der Waals surface area contributed by atoms with Crippen LogP contribution in [-0.4, -0.2) is 25.0 Å². The Hall–Kier alpha value is -2.18. The van der Waals surface area contributed by atoms with Gasteiger partial charge in [-0.1, -0.05) is 37.3 Å². The number of nitrogens with one attached hydrogen (secondary N) is 2. The zero-order valence-corrected chi connectivity index (χ0v) is 16.1. The Morgan fingerprint density at radius 3 is 2.69 bits per heavy atom. The third-order valence-corrected chi connectivity index (χ3v) is 5.73. The number of fused-ring (bicyclic) bond motifs is 1. The molecule has 3 rings (SSSR count). The predicted octanol–water partition coefficient (Wildman–Crippen LogP) is 2.41. The van der Waals surface area contributed by atoms with E-state index in [2.05, 4.69) is 29.6 Å². The van der Waals surface area contributed by atoms with Crippen molar-refractivity contribution in [2.45, 2.75) is 39.8 Å². The molecule has 1 aromatic carbocycles. The lowest BCUT2D eigenvalue weighted by Crippen LogP contribution is -3.10. The van der Waals surface area contributed by atoms with Gasteiger partial charge >= 0.3 is 5.97 Å². The molecule has 0 aliphatic carbocycles. The van der Waals surface area contributed by atoms with Crippen molar-refractivity contribution in [2.24, 2.45) is 0 Å². The topological polar surface area (TPSA) is 59.8 Å². The third-order valence-electron chi connectivity index (χ3n) is 4.58. The van der Waals surface area contributed by atoms with E-state index in [4.69, 9.17) is 4.74 Å². The average Bonchev–Trinajstić information content (AvgIpc) is 2.99. The molecule has 26 heavy (non-hydrogen) atoms. The standard InChI is InChI=1S/C20H24N2O3S/c1-3-17(23)21-19-18(20(24)25-4-2)15-10-11-22(13-16(15)26-19)12-14-8-6-5-7-9-14/h5-9H,3-4,10-13H2,1-2H3,(H,21,23)/p+1. The number of carbonyl (C=O) groups excluding carboxylic acids is 2. The minimum absolute atomic E-state index is 0.0809. The molecule has 1 amide bonds. The van der Waals surface area contributed by atoms with Gasteiger partial charge in [-0.3, -0.25) is 4.79 Å². The number of thiophene rings is 1. The monoisotopic (exact) mass is 373 g/mol. The van der Waals surface area contributed by atoms with Gasteiger partial charge in [0.25, 0.3) is 0 Å². The number of anilines is 1. The van der Waals surface area contributed by atoms with Crippen LogP contribution in [0.15, 0.2) is 30.3 Å². The maximum Gasteiger partial charge on any atom is 0.341 e. The summed E-state index contributed by atoms with van der Waals surface area (Å²) in [6.45, 7) is 6.72. The fourth-order valence-electron chi connectivity index (χ4n) is 3.29. The Kier molecular flexibility index (Phi) is 6.06. The molecule has 1 unspecified atom stereocenters. The molecular formula is C20H25N2O3S+. The van der Waals surface area contributed by atoms with Gasteiger partial charge in [0.2, 0.25) is 5.91 Å².